The lowest BCUT2D eigenvalue weighted by molar-refractivity contribution is -0.156. The molecule has 0 bridgehead atoms. The molecule has 2 fully saturated rings. The van der Waals surface area contributed by atoms with Crippen molar-refractivity contribution >= 4 is 5.78 Å². The highest BCUT2D eigenvalue weighted by molar-refractivity contribution is 5.83. The molecule has 2 aliphatic rings. The smallest absolute Gasteiger partial charge is 0.140 e. The van der Waals surface area contributed by atoms with Crippen molar-refractivity contribution in [1.82, 2.24) is 0 Å². The minimum absolute atomic E-state index is 0.0938. The van der Waals surface area contributed by atoms with Crippen LogP contribution in [0.2, 0.25) is 0 Å². The van der Waals surface area contributed by atoms with E-state index in [1.54, 1.807) is 0 Å². The lowest BCUT2D eigenvalue weighted by Gasteiger charge is -2.43. The first-order chi connectivity index (χ1) is 10.2. The van der Waals surface area contributed by atoms with E-state index in [9.17, 15) is 4.79 Å². The molecule has 1 spiro atoms. The van der Waals surface area contributed by atoms with Crippen LogP contribution in [-0.2, 0) is 20.7 Å². The van der Waals surface area contributed by atoms with Crippen LogP contribution >= 0.6 is 0 Å². The zero-order valence-corrected chi connectivity index (χ0v) is 12.8. The van der Waals surface area contributed by atoms with Crippen molar-refractivity contribution in [2.45, 2.75) is 44.6 Å². The Morgan fingerprint density at radius 2 is 2.10 bits per heavy atom. The van der Waals surface area contributed by atoms with Crippen LogP contribution in [0.4, 0.5) is 0 Å². The van der Waals surface area contributed by atoms with Crippen LogP contribution in [0.3, 0.4) is 0 Å². The molecule has 0 radical (unpaired) electrons. The molecule has 0 saturated carbocycles. The maximum atomic E-state index is 12.6. The second kappa shape index (κ2) is 6.29. The Bertz CT molecular complexity index is 497. The van der Waals surface area contributed by atoms with E-state index in [1.807, 2.05) is 6.07 Å². The zero-order chi connectivity index (χ0) is 14.7. The molecule has 2 aliphatic heterocycles. The molecule has 3 rings (SSSR count). The number of hydrogen-bond acceptors (Lipinski definition) is 3. The Morgan fingerprint density at radius 1 is 1.29 bits per heavy atom. The summed E-state index contributed by atoms with van der Waals surface area (Å²) in [6.07, 6.45) is 4.16. The van der Waals surface area contributed by atoms with E-state index in [1.165, 1.54) is 5.56 Å². The van der Waals surface area contributed by atoms with Crippen LogP contribution in [0.15, 0.2) is 24.3 Å². The number of aryl methyl sites for hydroxylation is 1. The summed E-state index contributed by atoms with van der Waals surface area (Å²) in [4.78, 5) is 12.6. The van der Waals surface area contributed by atoms with Crippen LogP contribution in [-0.4, -0.2) is 31.2 Å². The number of ether oxygens (including phenoxy) is 2. The van der Waals surface area contributed by atoms with Gasteiger partial charge >= 0.3 is 0 Å². The lowest BCUT2D eigenvalue weighted by Crippen LogP contribution is -2.46. The van der Waals surface area contributed by atoms with Gasteiger partial charge in [-0.15, -0.1) is 0 Å². The first-order valence-electron chi connectivity index (χ1n) is 7.97. The Labute approximate surface area is 126 Å². The molecule has 3 heteroatoms. The molecule has 1 unspecified atom stereocenters. The molecule has 21 heavy (non-hydrogen) atoms. The number of rotatable bonds is 3. The number of Topliss-reactive ketones (excluding diaryl/α,β-unsaturated/α-hetero) is 1. The van der Waals surface area contributed by atoms with Gasteiger partial charge in [0.15, 0.2) is 0 Å². The molecule has 1 aromatic carbocycles. The summed E-state index contributed by atoms with van der Waals surface area (Å²) < 4.78 is 11.5. The standard InChI is InChI=1S/C18H24O3/c1-14-3-2-4-15(11-14)12-17(19)16-5-8-21-18(13-16)6-9-20-10-7-18/h2-4,11,16H,5-10,12-13H2,1H3. The predicted octanol–water partition coefficient (Wildman–Crippen LogP) is 3.08. The first-order valence-corrected chi connectivity index (χ1v) is 7.97. The van der Waals surface area contributed by atoms with E-state index in [4.69, 9.17) is 9.47 Å². The SMILES string of the molecule is Cc1cccc(CC(=O)C2CCOC3(CCOCC3)C2)c1. The van der Waals surface area contributed by atoms with Gasteiger partial charge in [0.25, 0.3) is 0 Å². The molecule has 1 aromatic rings. The van der Waals surface area contributed by atoms with Crippen LogP contribution in [0.1, 0.15) is 36.8 Å². The highest BCUT2D eigenvalue weighted by Gasteiger charge is 2.40. The van der Waals surface area contributed by atoms with Crippen molar-refractivity contribution in [3.05, 3.63) is 35.4 Å². The minimum atomic E-state index is -0.0938. The summed E-state index contributed by atoms with van der Waals surface area (Å²) in [5.41, 5.74) is 2.25. The van der Waals surface area contributed by atoms with E-state index < -0.39 is 0 Å². The number of carbonyl (C=O) groups excluding carboxylic acids is 1. The van der Waals surface area contributed by atoms with Gasteiger partial charge in [-0.3, -0.25) is 4.79 Å². The Balaban J connectivity index is 1.64. The molecule has 0 N–H and O–H groups in total. The third kappa shape index (κ3) is 3.53. The second-order valence-electron chi connectivity index (χ2n) is 6.47. The van der Waals surface area contributed by atoms with Gasteiger partial charge in [-0.25, -0.2) is 0 Å². The Kier molecular flexibility index (Phi) is 4.41. The van der Waals surface area contributed by atoms with Crippen molar-refractivity contribution in [3.8, 4) is 0 Å². The summed E-state index contributed by atoms with van der Waals surface area (Å²) in [7, 11) is 0. The molecule has 2 saturated heterocycles. The number of hydrogen-bond donors (Lipinski definition) is 0. The number of ketones is 1. The van der Waals surface area contributed by atoms with Gasteiger partial charge in [-0.2, -0.15) is 0 Å². The molecule has 0 aliphatic carbocycles. The first kappa shape index (κ1) is 14.7. The fraction of sp³-hybridized carbons (Fsp3) is 0.611. The van der Waals surface area contributed by atoms with Gasteiger partial charge < -0.3 is 9.47 Å². The highest BCUT2D eigenvalue weighted by atomic mass is 16.5. The third-order valence-electron chi connectivity index (χ3n) is 4.81. The molecular formula is C18H24O3. The van der Waals surface area contributed by atoms with Crippen LogP contribution < -0.4 is 0 Å². The van der Waals surface area contributed by atoms with Crippen molar-refractivity contribution in [1.29, 1.82) is 0 Å². The summed E-state index contributed by atoms with van der Waals surface area (Å²) in [5.74, 6) is 0.520. The molecule has 3 nitrogen and oxygen atoms in total. The van der Waals surface area contributed by atoms with Gasteiger partial charge in [0, 0.05) is 32.2 Å². The average Bonchev–Trinajstić information content (AvgIpc) is 2.48. The molecule has 0 amide bonds. The van der Waals surface area contributed by atoms with Gasteiger partial charge in [0.2, 0.25) is 0 Å². The predicted molar refractivity (Wildman–Crippen MR) is 81.4 cm³/mol. The quantitative estimate of drug-likeness (QED) is 0.857. The average molecular weight is 288 g/mol. The van der Waals surface area contributed by atoms with Crippen molar-refractivity contribution in [2.24, 2.45) is 5.92 Å². The van der Waals surface area contributed by atoms with Crippen molar-refractivity contribution in [2.75, 3.05) is 19.8 Å². The van der Waals surface area contributed by atoms with E-state index in [0.717, 1.165) is 44.5 Å². The third-order valence-corrected chi connectivity index (χ3v) is 4.81. The monoisotopic (exact) mass is 288 g/mol. The van der Waals surface area contributed by atoms with Crippen LogP contribution in [0.25, 0.3) is 0 Å². The Hall–Kier alpha value is -1.19. The summed E-state index contributed by atoms with van der Waals surface area (Å²) in [6.45, 7) is 4.31. The van der Waals surface area contributed by atoms with Crippen LogP contribution in [0.5, 0.6) is 0 Å². The summed E-state index contributed by atoms with van der Waals surface area (Å²) >= 11 is 0. The Morgan fingerprint density at radius 3 is 2.86 bits per heavy atom. The maximum Gasteiger partial charge on any atom is 0.140 e. The van der Waals surface area contributed by atoms with Crippen molar-refractivity contribution in [3.63, 3.8) is 0 Å². The fourth-order valence-electron chi connectivity index (χ4n) is 3.56. The van der Waals surface area contributed by atoms with Crippen LogP contribution in [0, 0.1) is 12.8 Å². The molecule has 1 atom stereocenters. The van der Waals surface area contributed by atoms with Gasteiger partial charge in [-0.1, -0.05) is 29.8 Å². The number of carbonyl (C=O) groups is 1. The largest absolute Gasteiger partial charge is 0.381 e. The molecule has 2 heterocycles. The molecular weight excluding hydrogens is 264 g/mol. The highest BCUT2D eigenvalue weighted by Crippen LogP contribution is 2.37. The molecule has 0 aromatic heterocycles. The van der Waals surface area contributed by atoms with Gasteiger partial charge in [-0.05, 0) is 38.2 Å². The van der Waals surface area contributed by atoms with E-state index >= 15 is 0 Å². The maximum absolute atomic E-state index is 12.6. The summed E-state index contributed by atoms with van der Waals surface area (Å²) in [5, 5.41) is 0. The summed E-state index contributed by atoms with van der Waals surface area (Å²) in [6, 6.07) is 8.26. The van der Waals surface area contributed by atoms with Gasteiger partial charge in [0.05, 0.1) is 5.60 Å². The number of benzene rings is 1. The zero-order valence-electron chi connectivity index (χ0n) is 12.8. The van der Waals surface area contributed by atoms with Gasteiger partial charge in [0.1, 0.15) is 5.78 Å². The lowest BCUT2D eigenvalue weighted by atomic mass is 9.78. The molecule has 114 valence electrons. The van der Waals surface area contributed by atoms with Crippen molar-refractivity contribution < 1.29 is 14.3 Å². The van der Waals surface area contributed by atoms with E-state index in [-0.39, 0.29) is 11.5 Å². The fourth-order valence-corrected chi connectivity index (χ4v) is 3.56. The topological polar surface area (TPSA) is 35.5 Å². The van der Waals surface area contributed by atoms with E-state index in [0.29, 0.717) is 18.8 Å². The minimum Gasteiger partial charge on any atom is -0.381 e. The van der Waals surface area contributed by atoms with E-state index in [2.05, 4.69) is 25.1 Å². The normalized spacial score (nSPS) is 24.9. The second-order valence-corrected chi connectivity index (χ2v) is 6.47.